The maximum Gasteiger partial charge on any atom is 0.167 e. The van der Waals surface area contributed by atoms with Crippen molar-refractivity contribution < 1.29 is 13.9 Å². The fraction of sp³-hybridized carbons (Fsp3) is 0.0667. The Balaban J connectivity index is 2.12. The minimum absolute atomic E-state index is 0.0352. The average molecular weight is 285 g/mol. The van der Waals surface area contributed by atoms with Crippen LogP contribution >= 0.6 is 0 Å². The highest BCUT2D eigenvalue weighted by molar-refractivity contribution is 6.02. The Bertz CT molecular complexity index is 842. The first-order valence-corrected chi connectivity index (χ1v) is 6.26. The maximum absolute atomic E-state index is 13.8. The van der Waals surface area contributed by atoms with E-state index in [0.29, 0.717) is 22.5 Å². The van der Waals surface area contributed by atoms with Gasteiger partial charge in [-0.15, -0.1) is 0 Å². The number of ether oxygens (including phenoxy) is 1. The fourth-order valence-corrected chi connectivity index (χ4v) is 2.10. The van der Waals surface area contributed by atoms with Gasteiger partial charge in [0.1, 0.15) is 5.52 Å². The molecule has 5 nitrogen and oxygen atoms in total. The molecule has 0 atom stereocenters. The third-order valence-corrected chi connectivity index (χ3v) is 3.07. The standard InChI is InChI=1S/C15H12FN3O2/c1-9(20)11-5-7-19-15(11)14(4-6-18-19)21-13-3-2-10(17)8-12(13)16/h2-8H,17H2,1H3. The van der Waals surface area contributed by atoms with E-state index in [1.54, 1.807) is 24.4 Å². The molecule has 21 heavy (non-hydrogen) atoms. The quantitative estimate of drug-likeness (QED) is 0.593. The number of hydrogen-bond donors (Lipinski definition) is 1. The van der Waals surface area contributed by atoms with E-state index in [9.17, 15) is 9.18 Å². The second kappa shape index (κ2) is 4.90. The van der Waals surface area contributed by atoms with E-state index in [2.05, 4.69) is 5.10 Å². The second-order valence-corrected chi connectivity index (χ2v) is 4.57. The van der Waals surface area contributed by atoms with E-state index in [1.165, 1.54) is 29.8 Å². The minimum Gasteiger partial charge on any atom is -0.452 e. The zero-order chi connectivity index (χ0) is 15.0. The van der Waals surface area contributed by atoms with Gasteiger partial charge in [-0.2, -0.15) is 5.10 Å². The summed E-state index contributed by atoms with van der Waals surface area (Å²) in [5, 5.41) is 4.09. The highest BCUT2D eigenvalue weighted by Gasteiger charge is 2.15. The highest BCUT2D eigenvalue weighted by Crippen LogP contribution is 2.30. The van der Waals surface area contributed by atoms with Crippen LogP contribution in [0.2, 0.25) is 0 Å². The van der Waals surface area contributed by atoms with E-state index in [4.69, 9.17) is 10.5 Å². The van der Waals surface area contributed by atoms with Crippen molar-refractivity contribution in [1.29, 1.82) is 0 Å². The summed E-state index contributed by atoms with van der Waals surface area (Å²) in [6.07, 6.45) is 3.17. The summed E-state index contributed by atoms with van der Waals surface area (Å²) < 4.78 is 20.9. The van der Waals surface area contributed by atoms with E-state index < -0.39 is 5.82 Å². The zero-order valence-corrected chi connectivity index (χ0v) is 11.2. The number of halogens is 1. The molecule has 0 amide bonds. The number of benzene rings is 1. The fourth-order valence-electron chi connectivity index (χ4n) is 2.10. The number of anilines is 1. The van der Waals surface area contributed by atoms with Crippen molar-refractivity contribution in [1.82, 2.24) is 9.61 Å². The van der Waals surface area contributed by atoms with Gasteiger partial charge in [0.25, 0.3) is 0 Å². The van der Waals surface area contributed by atoms with Crippen molar-refractivity contribution in [3.8, 4) is 11.5 Å². The molecule has 2 aromatic heterocycles. The molecule has 2 heterocycles. The molecule has 0 spiro atoms. The van der Waals surface area contributed by atoms with Gasteiger partial charge in [0.2, 0.25) is 0 Å². The van der Waals surface area contributed by atoms with E-state index >= 15 is 0 Å². The summed E-state index contributed by atoms with van der Waals surface area (Å²) in [7, 11) is 0. The number of nitrogen functional groups attached to an aromatic ring is 1. The Labute approximate surface area is 119 Å². The molecular weight excluding hydrogens is 273 g/mol. The molecule has 0 bridgehead atoms. The van der Waals surface area contributed by atoms with E-state index in [0.717, 1.165) is 0 Å². The second-order valence-electron chi connectivity index (χ2n) is 4.57. The molecule has 3 aromatic rings. The molecule has 1 aromatic carbocycles. The Morgan fingerprint density at radius 2 is 2.10 bits per heavy atom. The number of carbonyl (C=O) groups excluding carboxylic acids is 1. The minimum atomic E-state index is -0.569. The van der Waals surface area contributed by atoms with Crippen molar-refractivity contribution in [3.05, 3.63) is 54.1 Å². The number of rotatable bonds is 3. The number of carbonyl (C=O) groups is 1. The van der Waals surface area contributed by atoms with Crippen LogP contribution in [0.15, 0.2) is 42.7 Å². The van der Waals surface area contributed by atoms with Crippen LogP contribution in [-0.4, -0.2) is 15.4 Å². The molecule has 0 saturated heterocycles. The summed E-state index contributed by atoms with van der Waals surface area (Å²) in [6, 6.07) is 7.39. The summed E-state index contributed by atoms with van der Waals surface area (Å²) in [5.41, 5.74) is 6.78. The molecule has 2 N–H and O–H groups in total. The first-order chi connectivity index (χ1) is 10.1. The molecule has 3 rings (SSSR count). The molecule has 0 unspecified atom stereocenters. The van der Waals surface area contributed by atoms with Crippen LogP contribution in [0.4, 0.5) is 10.1 Å². The maximum atomic E-state index is 13.8. The topological polar surface area (TPSA) is 69.6 Å². The van der Waals surface area contributed by atoms with Crippen LogP contribution in [0, 0.1) is 5.82 Å². The molecule has 106 valence electrons. The Kier molecular flexibility index (Phi) is 3.06. The Morgan fingerprint density at radius 3 is 2.81 bits per heavy atom. The van der Waals surface area contributed by atoms with Crippen molar-refractivity contribution in [2.24, 2.45) is 0 Å². The lowest BCUT2D eigenvalue weighted by Crippen LogP contribution is -1.98. The molecule has 0 aliphatic carbocycles. The van der Waals surface area contributed by atoms with Gasteiger partial charge in [0.05, 0.1) is 6.20 Å². The van der Waals surface area contributed by atoms with Crippen LogP contribution in [0.25, 0.3) is 5.52 Å². The van der Waals surface area contributed by atoms with Crippen LogP contribution in [-0.2, 0) is 0 Å². The molecule has 6 heteroatoms. The highest BCUT2D eigenvalue weighted by atomic mass is 19.1. The Hall–Kier alpha value is -2.89. The third-order valence-electron chi connectivity index (χ3n) is 3.07. The van der Waals surface area contributed by atoms with Crippen LogP contribution in [0.3, 0.4) is 0 Å². The first-order valence-electron chi connectivity index (χ1n) is 6.26. The van der Waals surface area contributed by atoms with Gasteiger partial charge in [-0.05, 0) is 25.1 Å². The van der Waals surface area contributed by atoms with Gasteiger partial charge in [-0.1, -0.05) is 0 Å². The normalized spacial score (nSPS) is 10.8. The van der Waals surface area contributed by atoms with Crippen LogP contribution in [0.1, 0.15) is 17.3 Å². The predicted octanol–water partition coefficient (Wildman–Crippen LogP) is 3.05. The largest absolute Gasteiger partial charge is 0.452 e. The van der Waals surface area contributed by atoms with Crippen molar-refractivity contribution in [2.75, 3.05) is 5.73 Å². The lowest BCUT2D eigenvalue weighted by Gasteiger charge is -2.09. The average Bonchev–Trinajstić information content (AvgIpc) is 2.87. The molecular formula is C15H12FN3O2. The summed E-state index contributed by atoms with van der Waals surface area (Å²) in [6.45, 7) is 1.45. The van der Waals surface area contributed by atoms with Gasteiger partial charge in [0, 0.05) is 29.6 Å². The SMILES string of the molecule is CC(=O)c1ccn2nccc(Oc3ccc(N)cc3F)c12. The number of nitrogens with zero attached hydrogens (tertiary/aromatic N) is 2. The smallest absolute Gasteiger partial charge is 0.167 e. The van der Waals surface area contributed by atoms with Gasteiger partial charge in [-0.25, -0.2) is 8.91 Å². The van der Waals surface area contributed by atoms with Gasteiger partial charge in [-0.3, -0.25) is 4.79 Å². The van der Waals surface area contributed by atoms with Crippen molar-refractivity contribution >= 4 is 17.0 Å². The molecule has 0 fully saturated rings. The van der Waals surface area contributed by atoms with Gasteiger partial charge in [0.15, 0.2) is 23.1 Å². The number of nitrogens with two attached hydrogens (primary N) is 1. The molecule has 0 saturated carbocycles. The van der Waals surface area contributed by atoms with Crippen LogP contribution in [0.5, 0.6) is 11.5 Å². The lowest BCUT2D eigenvalue weighted by molar-refractivity contribution is 0.101. The first kappa shape index (κ1) is 13.1. The van der Waals surface area contributed by atoms with E-state index in [-0.39, 0.29) is 11.5 Å². The number of ketones is 1. The third kappa shape index (κ3) is 2.31. The predicted molar refractivity (Wildman–Crippen MR) is 76.1 cm³/mol. The van der Waals surface area contributed by atoms with Crippen LogP contribution < -0.4 is 10.5 Å². The number of aromatic nitrogens is 2. The summed E-state index contributed by atoms with van der Waals surface area (Å²) >= 11 is 0. The monoisotopic (exact) mass is 285 g/mol. The van der Waals surface area contributed by atoms with E-state index in [1.807, 2.05) is 0 Å². The number of hydrogen-bond acceptors (Lipinski definition) is 4. The van der Waals surface area contributed by atoms with Crippen molar-refractivity contribution in [2.45, 2.75) is 6.92 Å². The summed E-state index contributed by atoms with van der Waals surface area (Å²) in [4.78, 5) is 11.6. The molecule has 0 aliphatic rings. The Morgan fingerprint density at radius 1 is 1.29 bits per heavy atom. The number of Topliss-reactive ketones (excluding diaryl/α,β-unsaturated/α-hetero) is 1. The zero-order valence-electron chi connectivity index (χ0n) is 11.2. The lowest BCUT2D eigenvalue weighted by atomic mass is 10.2. The molecule has 0 aliphatic heterocycles. The number of fused-ring (bicyclic) bond motifs is 1. The van der Waals surface area contributed by atoms with Crippen molar-refractivity contribution in [3.63, 3.8) is 0 Å². The van der Waals surface area contributed by atoms with Gasteiger partial charge < -0.3 is 10.5 Å². The molecule has 0 radical (unpaired) electrons. The van der Waals surface area contributed by atoms with Gasteiger partial charge >= 0.3 is 0 Å². The summed E-state index contributed by atoms with van der Waals surface area (Å²) in [5.74, 6) is -0.300.